The van der Waals surface area contributed by atoms with Crippen LogP contribution in [-0.4, -0.2) is 53.4 Å². The zero-order valence-electron chi connectivity index (χ0n) is 15.7. The summed E-state index contributed by atoms with van der Waals surface area (Å²) in [7, 11) is 5.02. The summed E-state index contributed by atoms with van der Waals surface area (Å²) in [5, 5.41) is 6.96. The van der Waals surface area contributed by atoms with Crippen LogP contribution >= 0.6 is 12.2 Å². The second kappa shape index (κ2) is 9.38. The van der Waals surface area contributed by atoms with Gasteiger partial charge < -0.3 is 14.4 Å². The molecule has 0 unspecified atom stereocenters. The number of carbonyl (C=O) groups is 1. The molecule has 0 spiro atoms. The molecule has 1 aromatic heterocycles. The number of rotatable bonds is 9. The van der Waals surface area contributed by atoms with Crippen molar-refractivity contribution in [2.45, 2.75) is 32.7 Å². The van der Waals surface area contributed by atoms with Crippen LogP contribution in [0.3, 0.4) is 0 Å². The quantitative estimate of drug-likeness (QED) is 0.679. The van der Waals surface area contributed by atoms with Crippen LogP contribution in [0.5, 0.6) is 11.5 Å². The van der Waals surface area contributed by atoms with E-state index in [0.29, 0.717) is 22.8 Å². The van der Waals surface area contributed by atoms with Gasteiger partial charge in [0.25, 0.3) is 0 Å². The first-order valence-corrected chi connectivity index (χ1v) is 8.99. The smallest absolute Gasteiger partial charge is 0.242 e. The van der Waals surface area contributed by atoms with Crippen LogP contribution in [0.4, 0.5) is 0 Å². The minimum absolute atomic E-state index is 0.000305. The summed E-state index contributed by atoms with van der Waals surface area (Å²) in [4.78, 5) is 14.2. The lowest BCUT2D eigenvalue weighted by Crippen LogP contribution is -2.32. The van der Waals surface area contributed by atoms with Crippen molar-refractivity contribution in [2.75, 3.05) is 27.8 Å². The Morgan fingerprint density at radius 2 is 2.00 bits per heavy atom. The number of methoxy groups -OCH3 is 2. The molecule has 2 aromatic rings. The lowest BCUT2D eigenvalue weighted by molar-refractivity contribution is -0.130. The first-order chi connectivity index (χ1) is 12.5. The highest BCUT2D eigenvalue weighted by atomic mass is 32.1. The number of nitrogens with zero attached hydrogens (tertiary/aromatic N) is 3. The third kappa shape index (κ3) is 4.85. The predicted molar refractivity (Wildman–Crippen MR) is 102 cm³/mol. The largest absolute Gasteiger partial charge is 0.493 e. The van der Waals surface area contributed by atoms with Gasteiger partial charge in [-0.25, -0.2) is 0 Å². The molecule has 0 bridgehead atoms. The first-order valence-electron chi connectivity index (χ1n) is 8.59. The summed E-state index contributed by atoms with van der Waals surface area (Å²) < 4.78 is 12.8. The van der Waals surface area contributed by atoms with Crippen LogP contribution in [0.15, 0.2) is 18.2 Å². The SMILES string of the molecule is CCCc1n[nH]c(=S)n1CC(=O)N(C)CCc1ccc(OC)c(OC)c1. The van der Waals surface area contributed by atoms with E-state index in [4.69, 9.17) is 21.7 Å². The number of likely N-dealkylation sites (N-methyl/N-ethyl adjacent to an activating group) is 1. The zero-order chi connectivity index (χ0) is 19.1. The second-order valence-corrected chi connectivity index (χ2v) is 6.42. The van der Waals surface area contributed by atoms with Gasteiger partial charge in [-0.05, 0) is 42.8 Å². The van der Waals surface area contributed by atoms with Crippen LogP contribution in [0.1, 0.15) is 24.7 Å². The monoisotopic (exact) mass is 378 g/mol. The third-order valence-electron chi connectivity index (χ3n) is 4.21. The number of ether oxygens (including phenoxy) is 2. The Morgan fingerprint density at radius 3 is 2.65 bits per heavy atom. The van der Waals surface area contributed by atoms with Crippen molar-refractivity contribution in [2.24, 2.45) is 0 Å². The van der Waals surface area contributed by atoms with Gasteiger partial charge in [-0.3, -0.25) is 14.5 Å². The Labute approximate surface area is 158 Å². The molecule has 0 fully saturated rings. The van der Waals surface area contributed by atoms with E-state index in [1.165, 1.54) is 0 Å². The topological polar surface area (TPSA) is 72.4 Å². The van der Waals surface area contributed by atoms with E-state index in [-0.39, 0.29) is 12.5 Å². The third-order valence-corrected chi connectivity index (χ3v) is 4.53. The minimum Gasteiger partial charge on any atom is -0.493 e. The molecular formula is C18H26N4O3S. The summed E-state index contributed by atoms with van der Waals surface area (Å²) in [6, 6.07) is 5.78. The molecule has 1 aromatic carbocycles. The molecule has 0 saturated heterocycles. The predicted octanol–water partition coefficient (Wildman–Crippen LogP) is 2.61. The van der Waals surface area contributed by atoms with E-state index in [9.17, 15) is 4.79 Å². The fourth-order valence-electron chi connectivity index (χ4n) is 2.64. The van der Waals surface area contributed by atoms with Gasteiger partial charge in [0.15, 0.2) is 16.3 Å². The van der Waals surface area contributed by atoms with Crippen molar-refractivity contribution in [3.05, 3.63) is 34.4 Å². The molecule has 1 heterocycles. The number of hydrogen-bond acceptors (Lipinski definition) is 5. The maximum absolute atomic E-state index is 12.5. The van der Waals surface area contributed by atoms with Crippen molar-refractivity contribution in [1.29, 1.82) is 0 Å². The highest BCUT2D eigenvalue weighted by molar-refractivity contribution is 7.71. The van der Waals surface area contributed by atoms with Crippen molar-refractivity contribution in [3.63, 3.8) is 0 Å². The summed E-state index contributed by atoms with van der Waals surface area (Å²) in [6.07, 6.45) is 2.46. The van der Waals surface area contributed by atoms with Gasteiger partial charge in [-0.2, -0.15) is 5.10 Å². The number of aryl methyl sites for hydroxylation is 1. The van der Waals surface area contributed by atoms with Crippen LogP contribution in [0.2, 0.25) is 0 Å². The maximum atomic E-state index is 12.5. The normalized spacial score (nSPS) is 10.6. The molecule has 0 atom stereocenters. The standard InChI is InChI=1S/C18H26N4O3S/c1-5-6-16-19-20-18(26)22(16)12-17(23)21(2)10-9-13-7-8-14(24-3)15(11-13)25-4/h7-8,11H,5-6,9-10,12H2,1-4H3,(H,20,26). The number of aromatic nitrogens is 3. The Hall–Kier alpha value is -2.35. The average Bonchev–Trinajstić information content (AvgIpc) is 2.99. The highest BCUT2D eigenvalue weighted by Gasteiger charge is 2.14. The molecule has 142 valence electrons. The van der Waals surface area contributed by atoms with Gasteiger partial charge in [-0.1, -0.05) is 13.0 Å². The van der Waals surface area contributed by atoms with Crippen LogP contribution in [-0.2, 0) is 24.2 Å². The van der Waals surface area contributed by atoms with Gasteiger partial charge in [0, 0.05) is 20.0 Å². The van der Waals surface area contributed by atoms with Crippen molar-refractivity contribution < 1.29 is 14.3 Å². The number of amides is 1. The molecule has 0 saturated carbocycles. The second-order valence-electron chi connectivity index (χ2n) is 6.04. The molecule has 26 heavy (non-hydrogen) atoms. The van der Waals surface area contributed by atoms with Gasteiger partial charge in [0.1, 0.15) is 12.4 Å². The molecule has 0 aliphatic rings. The van der Waals surface area contributed by atoms with E-state index >= 15 is 0 Å². The van der Waals surface area contributed by atoms with Crippen molar-refractivity contribution >= 4 is 18.1 Å². The van der Waals surface area contributed by atoms with Gasteiger partial charge in [0.2, 0.25) is 5.91 Å². The van der Waals surface area contributed by atoms with E-state index in [1.54, 1.807) is 30.7 Å². The molecule has 1 amide bonds. The van der Waals surface area contributed by atoms with E-state index in [0.717, 1.165) is 30.7 Å². The zero-order valence-corrected chi connectivity index (χ0v) is 16.6. The van der Waals surface area contributed by atoms with Gasteiger partial charge >= 0.3 is 0 Å². The fourth-order valence-corrected chi connectivity index (χ4v) is 2.86. The molecular weight excluding hydrogens is 352 g/mol. The molecule has 2 rings (SSSR count). The van der Waals surface area contributed by atoms with E-state index < -0.39 is 0 Å². The van der Waals surface area contributed by atoms with Gasteiger partial charge in [-0.15, -0.1) is 0 Å². The van der Waals surface area contributed by atoms with E-state index in [2.05, 4.69) is 17.1 Å². The van der Waals surface area contributed by atoms with Crippen LogP contribution < -0.4 is 9.47 Å². The molecule has 0 aliphatic heterocycles. The van der Waals surface area contributed by atoms with Crippen molar-refractivity contribution in [3.8, 4) is 11.5 Å². The lowest BCUT2D eigenvalue weighted by atomic mass is 10.1. The number of benzene rings is 1. The van der Waals surface area contributed by atoms with E-state index in [1.807, 2.05) is 18.2 Å². The Bertz CT molecular complexity index is 800. The van der Waals surface area contributed by atoms with Crippen LogP contribution in [0.25, 0.3) is 0 Å². The first kappa shape index (κ1) is 20.0. The molecule has 0 aliphatic carbocycles. The summed E-state index contributed by atoms with van der Waals surface area (Å²) >= 11 is 5.23. The Kier molecular flexibility index (Phi) is 7.20. The maximum Gasteiger partial charge on any atom is 0.242 e. The molecule has 7 nitrogen and oxygen atoms in total. The summed E-state index contributed by atoms with van der Waals surface area (Å²) in [6.45, 7) is 2.87. The van der Waals surface area contributed by atoms with Crippen molar-refractivity contribution in [1.82, 2.24) is 19.7 Å². The lowest BCUT2D eigenvalue weighted by Gasteiger charge is -2.18. The van der Waals surface area contributed by atoms with Crippen LogP contribution in [0, 0.1) is 4.77 Å². The summed E-state index contributed by atoms with van der Waals surface area (Å²) in [5.74, 6) is 2.20. The highest BCUT2D eigenvalue weighted by Crippen LogP contribution is 2.27. The number of carbonyl (C=O) groups excluding carboxylic acids is 1. The number of nitrogens with one attached hydrogen (secondary N) is 1. The van der Waals surface area contributed by atoms with Gasteiger partial charge in [0.05, 0.1) is 14.2 Å². The number of aromatic amines is 1. The fraction of sp³-hybridized carbons (Fsp3) is 0.500. The molecule has 1 N–H and O–H groups in total. The Morgan fingerprint density at radius 1 is 1.27 bits per heavy atom. The Balaban J connectivity index is 1.97. The average molecular weight is 378 g/mol. The molecule has 0 radical (unpaired) electrons. The summed E-state index contributed by atoms with van der Waals surface area (Å²) in [5.41, 5.74) is 1.08. The number of hydrogen-bond donors (Lipinski definition) is 1. The minimum atomic E-state index is 0.000305. The number of H-pyrrole nitrogens is 1. The molecule has 8 heteroatoms.